The number of aromatic nitrogens is 3. The maximum atomic E-state index is 12.7. The second-order valence-electron chi connectivity index (χ2n) is 6.53. The number of aryl methyl sites for hydroxylation is 4. The van der Waals surface area contributed by atoms with Crippen LogP contribution in [-0.4, -0.2) is 26.6 Å². The van der Waals surface area contributed by atoms with E-state index in [0.717, 1.165) is 27.3 Å². The molecule has 12 heteroatoms. The smallest absolute Gasteiger partial charge is 0.239 e. The minimum atomic E-state index is -4.06. The Morgan fingerprint density at radius 3 is 2.07 bits per heavy atom. The fourth-order valence-corrected chi connectivity index (χ4v) is 5.73. The van der Waals surface area contributed by atoms with E-state index in [0.29, 0.717) is 11.3 Å². The first-order chi connectivity index (χ1) is 13.4. The summed E-state index contributed by atoms with van der Waals surface area (Å²) in [5, 5.41) is 8.73. The van der Waals surface area contributed by atoms with E-state index >= 15 is 0 Å². The van der Waals surface area contributed by atoms with Gasteiger partial charge in [-0.1, -0.05) is 11.3 Å². The number of sulfonamides is 2. The van der Waals surface area contributed by atoms with Gasteiger partial charge >= 0.3 is 0 Å². The van der Waals surface area contributed by atoms with Crippen LogP contribution in [0, 0.1) is 20.8 Å². The van der Waals surface area contributed by atoms with Crippen LogP contribution < -0.4 is 14.5 Å². The molecular weight excluding hydrogens is 434 g/mol. The van der Waals surface area contributed by atoms with Gasteiger partial charge in [-0.2, -0.15) is 13.0 Å². The number of rotatable bonds is 4. The maximum Gasteiger partial charge on any atom is 0.285 e. The highest BCUT2D eigenvalue weighted by Gasteiger charge is 2.20. The molecule has 3 rings (SSSR count). The number of nitrogens with two attached hydrogens (primary N) is 1. The van der Waals surface area contributed by atoms with E-state index in [9.17, 15) is 16.8 Å². The molecule has 0 radical (unpaired) electrons. The summed E-state index contributed by atoms with van der Waals surface area (Å²) in [6, 6.07) is 10.4. The highest BCUT2D eigenvalue weighted by molar-refractivity contribution is 7.91. The average molecular weight is 455 g/mol. The maximum absolute atomic E-state index is 12.7. The summed E-state index contributed by atoms with van der Waals surface area (Å²) < 4.78 is 54.5. The Labute approximate surface area is 172 Å². The Hall–Kier alpha value is -2.41. The van der Waals surface area contributed by atoms with E-state index in [-0.39, 0.29) is 9.70 Å². The van der Waals surface area contributed by atoms with Crippen LogP contribution in [0.15, 0.2) is 50.0 Å². The lowest BCUT2D eigenvalue weighted by molar-refractivity contribution is -0.609. The second kappa shape index (κ2) is 7.44. The van der Waals surface area contributed by atoms with Crippen molar-refractivity contribution in [3.8, 4) is 5.69 Å². The fourth-order valence-electron chi connectivity index (χ4n) is 2.96. The zero-order valence-corrected chi connectivity index (χ0v) is 18.6. The molecule has 0 unspecified atom stereocenters. The van der Waals surface area contributed by atoms with E-state index in [1.165, 1.54) is 19.2 Å². The Kier molecular flexibility index (Phi) is 5.47. The Morgan fingerprint density at radius 1 is 1.03 bits per heavy atom. The van der Waals surface area contributed by atoms with Gasteiger partial charge in [-0.25, -0.2) is 18.2 Å². The highest BCUT2D eigenvalue weighted by Crippen LogP contribution is 2.15. The highest BCUT2D eigenvalue weighted by atomic mass is 32.2. The molecule has 0 saturated heterocycles. The van der Waals surface area contributed by atoms with Crippen molar-refractivity contribution in [2.24, 2.45) is 16.6 Å². The minimum absolute atomic E-state index is 0.0187. The third kappa shape index (κ3) is 4.45. The molecule has 0 aliphatic heterocycles. The van der Waals surface area contributed by atoms with Crippen molar-refractivity contribution in [1.29, 1.82) is 0 Å². The molecule has 0 bridgehead atoms. The lowest BCUT2D eigenvalue weighted by Gasteiger charge is -2.05. The van der Waals surface area contributed by atoms with Gasteiger partial charge in [0.05, 0.1) is 4.90 Å². The van der Waals surface area contributed by atoms with Crippen molar-refractivity contribution >= 4 is 31.4 Å². The first-order valence-electron chi connectivity index (χ1n) is 8.37. The summed E-state index contributed by atoms with van der Waals surface area (Å²) in [6.07, 6.45) is 0. The van der Waals surface area contributed by atoms with Gasteiger partial charge < -0.3 is 0 Å². The Balaban J connectivity index is 2.03. The molecule has 0 atom stereocenters. The Bertz CT molecular complexity index is 1350. The number of nitrogens with zero attached hydrogens (tertiary/aromatic N) is 4. The number of benzene rings is 1. The molecule has 1 aromatic carbocycles. The van der Waals surface area contributed by atoms with Crippen LogP contribution in [0.4, 0.5) is 0 Å². The van der Waals surface area contributed by atoms with Crippen LogP contribution in [0.2, 0.25) is 0 Å². The monoisotopic (exact) mass is 454 g/mol. The summed E-state index contributed by atoms with van der Waals surface area (Å²) in [7, 11) is -6.72. The summed E-state index contributed by atoms with van der Waals surface area (Å²) >= 11 is 0.582. The van der Waals surface area contributed by atoms with Gasteiger partial charge in [0.15, 0.2) is 11.4 Å². The topological polar surface area (TPSA) is 128 Å². The fraction of sp³-hybridized carbons (Fsp3) is 0.235. The SMILES string of the molecule is Cc1cc(C)[n+](-c2ccc(S(=O)(=O)/N=c3/sc(S(N)(=O)=O)nn3C)cc2)c(C)c1. The van der Waals surface area contributed by atoms with Crippen molar-refractivity contribution in [3.63, 3.8) is 0 Å². The lowest BCUT2D eigenvalue weighted by Crippen LogP contribution is -2.37. The van der Waals surface area contributed by atoms with Crippen molar-refractivity contribution in [1.82, 2.24) is 9.78 Å². The van der Waals surface area contributed by atoms with Gasteiger partial charge in [0, 0.05) is 45.2 Å². The standard InChI is InChI=1S/C17H20N5O4S3/c1-11-9-12(2)22(13(3)10-11)14-5-7-15(8-6-14)29(25,26)20-16-21(4)19-17(27-16)28(18,23)24/h5-10H,1-4H3,(H2,18,23,24)/q+1/b20-16+. The van der Waals surface area contributed by atoms with Gasteiger partial charge in [-0.3, -0.25) is 0 Å². The molecule has 2 aromatic heterocycles. The molecule has 9 nitrogen and oxygen atoms in total. The van der Waals surface area contributed by atoms with Gasteiger partial charge in [0.1, 0.15) is 0 Å². The van der Waals surface area contributed by atoms with Gasteiger partial charge in [0.25, 0.3) is 20.0 Å². The van der Waals surface area contributed by atoms with Crippen LogP contribution in [0.3, 0.4) is 0 Å². The van der Waals surface area contributed by atoms with Crippen molar-refractivity contribution < 1.29 is 21.4 Å². The normalized spacial score (nSPS) is 13.1. The van der Waals surface area contributed by atoms with Crippen LogP contribution in [0.25, 0.3) is 5.69 Å². The molecule has 3 aromatic rings. The zero-order valence-electron chi connectivity index (χ0n) is 16.2. The molecule has 2 N–H and O–H groups in total. The van der Waals surface area contributed by atoms with Crippen molar-refractivity contribution in [3.05, 3.63) is 58.2 Å². The second-order valence-corrected chi connectivity index (χ2v) is 10.8. The zero-order chi connectivity index (χ0) is 21.6. The molecule has 0 aliphatic rings. The summed E-state index contributed by atoms with van der Waals surface area (Å²) in [5.74, 6) is 0. The van der Waals surface area contributed by atoms with E-state index in [4.69, 9.17) is 5.14 Å². The molecular formula is C17H20N5O4S3+. The number of pyridine rings is 1. The third-order valence-corrected chi connectivity index (χ3v) is 7.81. The van der Waals surface area contributed by atoms with E-state index < -0.39 is 24.4 Å². The van der Waals surface area contributed by atoms with Crippen LogP contribution in [-0.2, 0) is 27.1 Å². The van der Waals surface area contributed by atoms with Crippen LogP contribution in [0.5, 0.6) is 0 Å². The van der Waals surface area contributed by atoms with Gasteiger partial charge in [-0.05, 0) is 24.6 Å². The van der Waals surface area contributed by atoms with E-state index in [1.54, 1.807) is 12.1 Å². The van der Waals surface area contributed by atoms with Crippen molar-refractivity contribution in [2.75, 3.05) is 0 Å². The summed E-state index contributed by atoms with van der Waals surface area (Å²) in [5.41, 5.74) is 4.01. The summed E-state index contributed by atoms with van der Waals surface area (Å²) in [4.78, 5) is -0.118. The molecule has 29 heavy (non-hydrogen) atoms. The van der Waals surface area contributed by atoms with Crippen molar-refractivity contribution in [2.45, 2.75) is 30.0 Å². The average Bonchev–Trinajstić information content (AvgIpc) is 2.95. The molecule has 154 valence electrons. The lowest BCUT2D eigenvalue weighted by atomic mass is 10.2. The van der Waals surface area contributed by atoms with Gasteiger partial charge in [0.2, 0.25) is 14.8 Å². The predicted octanol–water partition coefficient (Wildman–Crippen LogP) is 0.621. The Morgan fingerprint density at radius 2 is 1.59 bits per heavy atom. The first kappa shape index (κ1) is 21.3. The first-order valence-corrected chi connectivity index (χ1v) is 12.2. The third-order valence-electron chi connectivity index (χ3n) is 4.10. The summed E-state index contributed by atoms with van der Waals surface area (Å²) in [6.45, 7) is 5.97. The molecule has 2 heterocycles. The van der Waals surface area contributed by atoms with E-state index in [1.807, 2.05) is 37.5 Å². The predicted molar refractivity (Wildman–Crippen MR) is 107 cm³/mol. The quantitative estimate of drug-likeness (QED) is 0.578. The molecule has 0 saturated carbocycles. The molecule has 0 amide bonds. The largest absolute Gasteiger partial charge is 0.285 e. The molecule has 0 spiro atoms. The number of hydrogen-bond donors (Lipinski definition) is 1. The van der Waals surface area contributed by atoms with Gasteiger partial charge in [-0.15, -0.1) is 9.50 Å². The van der Waals surface area contributed by atoms with Crippen LogP contribution in [0.1, 0.15) is 17.0 Å². The molecule has 0 fully saturated rings. The minimum Gasteiger partial charge on any atom is -0.239 e. The number of hydrogen-bond acceptors (Lipinski definition) is 6. The van der Waals surface area contributed by atoms with E-state index in [2.05, 4.69) is 9.50 Å². The number of primary sulfonamides is 1. The van der Waals surface area contributed by atoms with Crippen LogP contribution >= 0.6 is 11.3 Å². The molecule has 0 aliphatic carbocycles.